The first-order chi connectivity index (χ1) is 9.60. The second-order valence-electron chi connectivity index (χ2n) is 3.78. The number of nitrogens with zero attached hydrogens (tertiary/aromatic N) is 2. The zero-order valence-corrected chi connectivity index (χ0v) is 10.1. The molecule has 0 heterocycles. The van der Waals surface area contributed by atoms with Gasteiger partial charge in [0.2, 0.25) is 5.75 Å². The second kappa shape index (κ2) is 5.79. The van der Waals surface area contributed by atoms with Crippen LogP contribution < -0.4 is 4.74 Å². The molecule has 0 radical (unpaired) electrons. The van der Waals surface area contributed by atoms with Crippen LogP contribution >= 0.6 is 0 Å². The van der Waals surface area contributed by atoms with Crippen LogP contribution in [-0.2, 0) is 0 Å². The fourth-order valence-electron chi connectivity index (χ4n) is 1.54. The number of nitro benzene ring substituents is 1. The van der Waals surface area contributed by atoms with Crippen molar-refractivity contribution in [3.05, 3.63) is 64.0 Å². The third-order valence-electron chi connectivity index (χ3n) is 2.43. The van der Waals surface area contributed by atoms with Gasteiger partial charge in [0.1, 0.15) is 11.6 Å². The quantitative estimate of drug-likeness (QED) is 0.401. The van der Waals surface area contributed by atoms with Crippen LogP contribution in [0.3, 0.4) is 0 Å². The molecule has 0 fully saturated rings. The summed E-state index contributed by atoms with van der Waals surface area (Å²) >= 11 is 0. The molecule has 0 spiro atoms. The predicted molar refractivity (Wildman–Crippen MR) is 69.0 cm³/mol. The number of benzene rings is 2. The number of hydrogen-bond acceptors (Lipinski definition) is 5. The topological polar surface area (TPSA) is 85.0 Å². The molecule has 0 amide bonds. The summed E-state index contributed by atoms with van der Waals surface area (Å²) in [5.74, 6) is -0.142. The van der Waals surface area contributed by atoms with E-state index in [1.807, 2.05) is 0 Å². The van der Waals surface area contributed by atoms with Gasteiger partial charge in [-0.2, -0.15) is 0 Å². The molecule has 0 unspecified atom stereocenters. The Bertz CT molecular complexity index is 656. The van der Waals surface area contributed by atoms with E-state index in [1.165, 1.54) is 42.5 Å². The van der Waals surface area contributed by atoms with Gasteiger partial charge in [0, 0.05) is 11.6 Å². The van der Waals surface area contributed by atoms with Crippen molar-refractivity contribution in [2.24, 2.45) is 5.16 Å². The Hall–Kier alpha value is -2.96. The van der Waals surface area contributed by atoms with Gasteiger partial charge in [-0.1, -0.05) is 5.16 Å². The molecule has 0 aliphatic rings. The molecule has 0 atom stereocenters. The molecule has 0 bridgehead atoms. The van der Waals surface area contributed by atoms with Crippen LogP contribution in [0.15, 0.2) is 47.6 Å². The Kier molecular flexibility index (Phi) is 3.90. The lowest BCUT2D eigenvalue weighted by Crippen LogP contribution is -1.95. The lowest BCUT2D eigenvalue weighted by molar-refractivity contribution is -0.385. The van der Waals surface area contributed by atoms with E-state index < -0.39 is 10.7 Å². The maximum atomic E-state index is 12.8. The molecule has 2 aromatic rings. The van der Waals surface area contributed by atoms with Gasteiger partial charge in [-0.05, 0) is 36.4 Å². The Morgan fingerprint density at radius 1 is 1.25 bits per heavy atom. The highest BCUT2D eigenvalue weighted by Gasteiger charge is 2.16. The van der Waals surface area contributed by atoms with Crippen LogP contribution in [0.4, 0.5) is 10.1 Å². The summed E-state index contributed by atoms with van der Waals surface area (Å²) in [4.78, 5) is 10.4. The number of rotatable bonds is 4. The third kappa shape index (κ3) is 3.08. The maximum Gasteiger partial charge on any atom is 0.312 e. The second-order valence-corrected chi connectivity index (χ2v) is 3.78. The molecular formula is C13H9FN2O4. The van der Waals surface area contributed by atoms with Crippen LogP contribution in [0.25, 0.3) is 0 Å². The van der Waals surface area contributed by atoms with Gasteiger partial charge in [-0.3, -0.25) is 10.1 Å². The first-order valence-electron chi connectivity index (χ1n) is 5.49. The first-order valence-corrected chi connectivity index (χ1v) is 5.49. The molecule has 0 aliphatic heterocycles. The van der Waals surface area contributed by atoms with Gasteiger partial charge in [0.15, 0.2) is 0 Å². The Balaban J connectivity index is 2.35. The van der Waals surface area contributed by atoms with E-state index >= 15 is 0 Å². The Morgan fingerprint density at radius 2 is 1.95 bits per heavy atom. The lowest BCUT2D eigenvalue weighted by atomic mass is 10.2. The van der Waals surface area contributed by atoms with Crippen LogP contribution in [0.5, 0.6) is 11.5 Å². The Labute approximate surface area is 112 Å². The lowest BCUT2D eigenvalue weighted by Gasteiger charge is -2.06. The molecule has 0 saturated heterocycles. The number of nitro groups is 1. The number of oxime groups is 1. The zero-order chi connectivity index (χ0) is 14.5. The summed E-state index contributed by atoms with van der Waals surface area (Å²) in [7, 11) is 0. The molecular weight excluding hydrogens is 267 g/mol. The van der Waals surface area contributed by atoms with Crippen LogP contribution in [-0.4, -0.2) is 16.3 Å². The highest BCUT2D eigenvalue weighted by Crippen LogP contribution is 2.31. The number of ether oxygens (including phenoxy) is 1. The molecule has 7 heteroatoms. The van der Waals surface area contributed by atoms with Gasteiger partial charge in [-0.25, -0.2) is 4.39 Å². The van der Waals surface area contributed by atoms with Crippen molar-refractivity contribution >= 4 is 11.9 Å². The van der Waals surface area contributed by atoms with E-state index in [0.29, 0.717) is 5.56 Å². The molecule has 0 aromatic heterocycles. The summed E-state index contributed by atoms with van der Waals surface area (Å²) in [6.07, 6.45) is 1.06. The first kappa shape index (κ1) is 13.5. The van der Waals surface area contributed by atoms with E-state index in [1.54, 1.807) is 0 Å². The number of hydrogen-bond donors (Lipinski definition) is 1. The van der Waals surface area contributed by atoms with Gasteiger partial charge >= 0.3 is 5.69 Å². The highest BCUT2D eigenvalue weighted by atomic mass is 19.1. The van der Waals surface area contributed by atoms with Crippen molar-refractivity contribution in [3.63, 3.8) is 0 Å². The smallest absolute Gasteiger partial charge is 0.312 e. The minimum Gasteiger partial charge on any atom is -0.450 e. The largest absolute Gasteiger partial charge is 0.450 e. The van der Waals surface area contributed by atoms with E-state index in [2.05, 4.69) is 5.16 Å². The number of halogens is 1. The summed E-state index contributed by atoms with van der Waals surface area (Å²) in [6.45, 7) is 0. The van der Waals surface area contributed by atoms with Gasteiger partial charge < -0.3 is 9.94 Å². The van der Waals surface area contributed by atoms with Crippen LogP contribution in [0.1, 0.15) is 5.56 Å². The molecule has 0 aliphatic carbocycles. The van der Waals surface area contributed by atoms with E-state index in [-0.39, 0.29) is 17.2 Å². The normalized spacial score (nSPS) is 10.7. The van der Waals surface area contributed by atoms with Gasteiger partial charge in [0.25, 0.3) is 0 Å². The fourth-order valence-corrected chi connectivity index (χ4v) is 1.54. The van der Waals surface area contributed by atoms with Crippen LogP contribution in [0, 0.1) is 15.9 Å². The van der Waals surface area contributed by atoms with Crippen molar-refractivity contribution in [3.8, 4) is 11.5 Å². The van der Waals surface area contributed by atoms with E-state index in [0.717, 1.165) is 6.21 Å². The van der Waals surface area contributed by atoms with E-state index in [9.17, 15) is 14.5 Å². The summed E-state index contributed by atoms with van der Waals surface area (Å²) < 4.78 is 18.1. The van der Waals surface area contributed by atoms with Crippen molar-refractivity contribution in [2.75, 3.05) is 0 Å². The van der Waals surface area contributed by atoms with Crippen molar-refractivity contribution in [1.82, 2.24) is 0 Å². The van der Waals surface area contributed by atoms with Gasteiger partial charge in [-0.15, -0.1) is 0 Å². The molecule has 0 saturated carbocycles. The van der Waals surface area contributed by atoms with Crippen molar-refractivity contribution < 1.29 is 19.3 Å². The summed E-state index contributed by atoms with van der Waals surface area (Å²) in [6, 6.07) is 9.18. The third-order valence-corrected chi connectivity index (χ3v) is 2.43. The minimum atomic E-state index is -0.617. The van der Waals surface area contributed by atoms with Crippen molar-refractivity contribution in [2.45, 2.75) is 0 Å². The predicted octanol–water partition coefficient (Wildman–Crippen LogP) is 3.33. The monoisotopic (exact) mass is 276 g/mol. The fraction of sp³-hybridized carbons (Fsp3) is 0. The standard InChI is InChI=1S/C13H9FN2O4/c14-10-2-4-11(5-3-10)20-13-6-1-9(8-15-17)7-12(13)16(18)19/h1-8,17H/b15-8-. The minimum absolute atomic E-state index is 0.0108. The van der Waals surface area contributed by atoms with Crippen molar-refractivity contribution in [1.29, 1.82) is 0 Å². The molecule has 20 heavy (non-hydrogen) atoms. The van der Waals surface area contributed by atoms with E-state index in [4.69, 9.17) is 9.94 Å². The summed E-state index contributed by atoms with van der Waals surface area (Å²) in [5, 5.41) is 22.2. The maximum absolute atomic E-state index is 12.8. The summed E-state index contributed by atoms with van der Waals surface area (Å²) in [5.41, 5.74) is 0.0670. The Morgan fingerprint density at radius 3 is 2.55 bits per heavy atom. The SMILES string of the molecule is O=[N+]([O-])c1cc(/C=N\O)ccc1Oc1ccc(F)cc1. The molecule has 102 valence electrons. The van der Waals surface area contributed by atoms with Gasteiger partial charge in [0.05, 0.1) is 11.1 Å². The molecule has 6 nitrogen and oxygen atoms in total. The molecule has 2 rings (SSSR count). The zero-order valence-electron chi connectivity index (χ0n) is 10.1. The molecule has 1 N–H and O–H groups in total. The highest BCUT2D eigenvalue weighted by molar-refractivity contribution is 5.81. The average Bonchev–Trinajstić information content (AvgIpc) is 2.43. The van der Waals surface area contributed by atoms with Crippen LogP contribution in [0.2, 0.25) is 0 Å². The molecule has 2 aromatic carbocycles. The average molecular weight is 276 g/mol.